The Bertz CT molecular complexity index is 664. The minimum Gasteiger partial charge on any atom is -0.459 e. The van der Waals surface area contributed by atoms with Gasteiger partial charge in [0.1, 0.15) is 0 Å². The van der Waals surface area contributed by atoms with Crippen LogP contribution in [-0.4, -0.2) is 61.0 Å². The number of hydrogen-bond acceptors (Lipinski definition) is 4. The van der Waals surface area contributed by atoms with Gasteiger partial charge in [0.15, 0.2) is 5.76 Å². The van der Waals surface area contributed by atoms with Crippen molar-refractivity contribution in [2.45, 2.75) is 0 Å². The van der Waals surface area contributed by atoms with Gasteiger partial charge in [-0.3, -0.25) is 14.6 Å². The zero-order chi connectivity index (χ0) is 16.8. The number of carbonyl (C=O) groups excluding carboxylic acids is 2. The first-order valence-corrected chi connectivity index (χ1v) is 8.08. The maximum Gasteiger partial charge on any atom is 0.289 e. The zero-order valence-electron chi connectivity index (χ0n) is 13.4. The van der Waals surface area contributed by atoms with Crippen LogP contribution in [0.3, 0.4) is 0 Å². The predicted octanol–water partition coefficient (Wildman–Crippen LogP) is -0.555. The van der Waals surface area contributed by atoms with Crippen LogP contribution in [0.15, 0.2) is 47.3 Å². The maximum absolute atomic E-state index is 12.2. The molecule has 1 aliphatic rings. The van der Waals surface area contributed by atoms with Gasteiger partial charge in [0, 0.05) is 18.0 Å². The highest BCUT2D eigenvalue weighted by atomic mass is 16.3. The summed E-state index contributed by atoms with van der Waals surface area (Å²) < 4.78 is 5.16. The number of furan rings is 1. The lowest BCUT2D eigenvalue weighted by Crippen LogP contribution is -3.15. The van der Waals surface area contributed by atoms with Crippen LogP contribution >= 0.6 is 0 Å². The Morgan fingerprint density at radius 2 is 1.96 bits per heavy atom. The van der Waals surface area contributed by atoms with Gasteiger partial charge in [-0.25, -0.2) is 0 Å². The Labute approximate surface area is 140 Å². The molecular formula is C17H21N4O3+. The van der Waals surface area contributed by atoms with Crippen molar-refractivity contribution in [2.24, 2.45) is 0 Å². The number of hydrogen-bond donors (Lipinski definition) is 2. The van der Waals surface area contributed by atoms with E-state index in [-0.39, 0.29) is 11.8 Å². The quantitative estimate of drug-likeness (QED) is 0.771. The minimum absolute atomic E-state index is 0.0509. The third kappa shape index (κ3) is 3.99. The fourth-order valence-electron chi connectivity index (χ4n) is 2.79. The number of quaternary nitrogens is 1. The SMILES string of the molecule is O=C(NCC[NH+]1CCN(C(=O)c2ccco2)CC1)c1ccncc1. The standard InChI is InChI=1S/C17H20N4O3/c22-16(14-3-5-18-6-4-14)19-7-8-20-9-11-21(12-10-20)17(23)15-2-1-13-24-15/h1-6,13H,7-12H2,(H,19,22)/p+1. The van der Waals surface area contributed by atoms with Gasteiger partial charge in [-0.1, -0.05) is 0 Å². The van der Waals surface area contributed by atoms with Crippen LogP contribution in [-0.2, 0) is 0 Å². The fourth-order valence-corrected chi connectivity index (χ4v) is 2.79. The molecule has 7 heteroatoms. The van der Waals surface area contributed by atoms with Crippen LogP contribution in [0.2, 0.25) is 0 Å². The van der Waals surface area contributed by atoms with Crippen molar-refractivity contribution in [1.82, 2.24) is 15.2 Å². The van der Waals surface area contributed by atoms with Gasteiger partial charge in [0.05, 0.1) is 45.5 Å². The van der Waals surface area contributed by atoms with Gasteiger partial charge >= 0.3 is 0 Å². The van der Waals surface area contributed by atoms with Crippen LogP contribution < -0.4 is 10.2 Å². The Kier molecular flexibility index (Phi) is 5.22. The van der Waals surface area contributed by atoms with Gasteiger partial charge in [0.2, 0.25) is 0 Å². The highest BCUT2D eigenvalue weighted by Crippen LogP contribution is 2.05. The molecule has 3 heterocycles. The first-order chi connectivity index (χ1) is 11.7. The van der Waals surface area contributed by atoms with Crippen LogP contribution in [0.25, 0.3) is 0 Å². The van der Waals surface area contributed by atoms with Crippen molar-refractivity contribution in [3.63, 3.8) is 0 Å². The van der Waals surface area contributed by atoms with Gasteiger partial charge in [-0.05, 0) is 24.3 Å². The molecule has 1 fully saturated rings. The van der Waals surface area contributed by atoms with E-state index in [0.717, 1.165) is 19.6 Å². The highest BCUT2D eigenvalue weighted by Gasteiger charge is 2.25. The van der Waals surface area contributed by atoms with Gasteiger partial charge in [-0.2, -0.15) is 0 Å². The molecule has 0 unspecified atom stereocenters. The van der Waals surface area contributed by atoms with Crippen molar-refractivity contribution in [2.75, 3.05) is 39.3 Å². The van der Waals surface area contributed by atoms with E-state index < -0.39 is 0 Å². The van der Waals surface area contributed by atoms with Crippen LogP contribution in [0, 0.1) is 0 Å². The largest absolute Gasteiger partial charge is 0.459 e. The lowest BCUT2D eigenvalue weighted by atomic mass is 10.2. The molecule has 0 aromatic carbocycles. The molecule has 0 bridgehead atoms. The molecule has 3 rings (SSSR count). The van der Waals surface area contributed by atoms with E-state index >= 15 is 0 Å². The number of amides is 2. The van der Waals surface area contributed by atoms with Crippen molar-refractivity contribution in [1.29, 1.82) is 0 Å². The Morgan fingerprint density at radius 1 is 1.21 bits per heavy atom. The summed E-state index contributed by atoms with van der Waals surface area (Å²) in [5, 5.41) is 2.92. The molecule has 0 aliphatic carbocycles. The lowest BCUT2D eigenvalue weighted by Gasteiger charge is -2.31. The topological polar surface area (TPSA) is 79.9 Å². The smallest absolute Gasteiger partial charge is 0.289 e. The van der Waals surface area contributed by atoms with Crippen molar-refractivity contribution in [3.8, 4) is 0 Å². The number of piperazine rings is 1. The van der Waals surface area contributed by atoms with Crippen molar-refractivity contribution in [3.05, 3.63) is 54.2 Å². The summed E-state index contributed by atoms with van der Waals surface area (Å²) in [6.07, 6.45) is 4.73. The van der Waals surface area contributed by atoms with Crippen LogP contribution in [0.1, 0.15) is 20.9 Å². The van der Waals surface area contributed by atoms with Gasteiger partial charge in [-0.15, -0.1) is 0 Å². The number of pyridine rings is 1. The molecule has 2 amide bonds. The molecule has 126 valence electrons. The molecule has 0 radical (unpaired) electrons. The number of nitrogens with zero attached hydrogens (tertiary/aromatic N) is 2. The molecule has 7 nitrogen and oxygen atoms in total. The number of aromatic nitrogens is 1. The Hall–Kier alpha value is -2.67. The average molecular weight is 329 g/mol. The third-order valence-electron chi connectivity index (χ3n) is 4.20. The van der Waals surface area contributed by atoms with Crippen molar-refractivity contribution < 1.29 is 18.9 Å². The predicted molar refractivity (Wildman–Crippen MR) is 86.7 cm³/mol. The Morgan fingerprint density at radius 3 is 2.62 bits per heavy atom. The second-order valence-electron chi connectivity index (χ2n) is 5.76. The highest BCUT2D eigenvalue weighted by molar-refractivity contribution is 5.94. The summed E-state index contributed by atoms with van der Waals surface area (Å²) >= 11 is 0. The normalized spacial score (nSPS) is 15.2. The number of rotatable bonds is 5. The summed E-state index contributed by atoms with van der Waals surface area (Å²) in [7, 11) is 0. The van der Waals surface area contributed by atoms with E-state index in [4.69, 9.17) is 4.42 Å². The molecular weight excluding hydrogens is 308 g/mol. The Balaban J connectivity index is 1.38. The third-order valence-corrected chi connectivity index (χ3v) is 4.20. The summed E-state index contributed by atoms with van der Waals surface area (Å²) in [6, 6.07) is 6.80. The minimum atomic E-state index is -0.0802. The summed E-state index contributed by atoms with van der Waals surface area (Å²) in [5.41, 5.74) is 0.619. The molecule has 2 N–H and O–H groups in total. The molecule has 0 spiro atoms. The summed E-state index contributed by atoms with van der Waals surface area (Å²) in [4.78, 5) is 31.2. The van der Waals surface area contributed by atoms with Gasteiger partial charge in [0.25, 0.3) is 11.8 Å². The molecule has 1 saturated heterocycles. The van der Waals surface area contributed by atoms with E-state index in [1.807, 2.05) is 4.90 Å². The zero-order valence-corrected chi connectivity index (χ0v) is 13.4. The molecule has 1 aliphatic heterocycles. The number of nitrogens with one attached hydrogen (secondary N) is 2. The second-order valence-corrected chi connectivity index (χ2v) is 5.76. The van der Waals surface area contributed by atoms with Gasteiger partial charge < -0.3 is 19.5 Å². The van der Waals surface area contributed by atoms with Crippen LogP contribution in [0.4, 0.5) is 0 Å². The molecule has 2 aromatic heterocycles. The first-order valence-electron chi connectivity index (χ1n) is 8.08. The van der Waals surface area contributed by atoms with E-state index in [9.17, 15) is 9.59 Å². The first kappa shape index (κ1) is 16.2. The van der Waals surface area contributed by atoms with E-state index in [0.29, 0.717) is 31.0 Å². The van der Waals surface area contributed by atoms with E-state index in [2.05, 4.69) is 10.3 Å². The average Bonchev–Trinajstić information content (AvgIpc) is 3.17. The van der Waals surface area contributed by atoms with Crippen LogP contribution in [0.5, 0.6) is 0 Å². The molecule has 2 aromatic rings. The summed E-state index contributed by atoms with van der Waals surface area (Å²) in [5.74, 6) is 0.261. The van der Waals surface area contributed by atoms with E-state index in [1.54, 1.807) is 36.7 Å². The lowest BCUT2D eigenvalue weighted by molar-refractivity contribution is -0.902. The van der Waals surface area contributed by atoms with E-state index in [1.165, 1.54) is 11.2 Å². The second kappa shape index (κ2) is 7.74. The molecule has 0 saturated carbocycles. The maximum atomic E-state index is 12.2. The molecule has 0 atom stereocenters. The fraction of sp³-hybridized carbons (Fsp3) is 0.353. The monoisotopic (exact) mass is 329 g/mol. The molecule has 24 heavy (non-hydrogen) atoms. The van der Waals surface area contributed by atoms with Crippen molar-refractivity contribution >= 4 is 11.8 Å². The summed E-state index contributed by atoms with van der Waals surface area (Å²) in [6.45, 7) is 4.61. The number of carbonyl (C=O) groups is 2.